The monoisotopic (exact) mass is 224 g/mol. The standard InChI is InChI=1S/C11H16N2OS/c1-2-13-5-3-4-9(7-13)11-12-6-10(8-14)15-11/h6,8-9H,2-5,7H2,1H3. The van der Waals surface area contributed by atoms with Gasteiger partial charge in [0, 0.05) is 18.7 Å². The average molecular weight is 224 g/mol. The van der Waals surface area contributed by atoms with Crippen molar-refractivity contribution < 1.29 is 4.79 Å². The van der Waals surface area contributed by atoms with E-state index >= 15 is 0 Å². The van der Waals surface area contributed by atoms with Crippen LogP contribution >= 0.6 is 11.3 Å². The lowest BCUT2D eigenvalue weighted by atomic mass is 9.99. The van der Waals surface area contributed by atoms with E-state index in [0.29, 0.717) is 5.92 Å². The molecule has 1 aliphatic heterocycles. The van der Waals surface area contributed by atoms with Gasteiger partial charge in [0.25, 0.3) is 0 Å². The number of hydrogen-bond donors (Lipinski definition) is 0. The second-order valence-corrected chi connectivity index (χ2v) is 5.04. The SMILES string of the molecule is CCN1CCCC(c2ncc(C=O)s2)C1. The summed E-state index contributed by atoms with van der Waals surface area (Å²) in [4.78, 5) is 18.1. The predicted octanol–water partition coefficient (Wildman–Crippen LogP) is 2.15. The van der Waals surface area contributed by atoms with Gasteiger partial charge in [-0.2, -0.15) is 0 Å². The van der Waals surface area contributed by atoms with Gasteiger partial charge >= 0.3 is 0 Å². The summed E-state index contributed by atoms with van der Waals surface area (Å²) in [6.07, 6.45) is 5.04. The third-order valence-electron chi connectivity index (χ3n) is 2.96. The number of carbonyl (C=O) groups excluding carboxylic acids is 1. The predicted molar refractivity (Wildman–Crippen MR) is 61.6 cm³/mol. The maximum absolute atomic E-state index is 10.6. The number of nitrogens with zero attached hydrogens (tertiary/aromatic N) is 2. The molecule has 0 radical (unpaired) electrons. The molecule has 1 aromatic heterocycles. The lowest BCUT2D eigenvalue weighted by Gasteiger charge is -2.30. The minimum atomic E-state index is 0.539. The Labute approximate surface area is 94.1 Å². The van der Waals surface area contributed by atoms with Crippen molar-refractivity contribution in [1.29, 1.82) is 0 Å². The minimum absolute atomic E-state index is 0.539. The molecule has 0 N–H and O–H groups in total. The average Bonchev–Trinajstić information content (AvgIpc) is 2.78. The third-order valence-corrected chi connectivity index (χ3v) is 4.04. The molecule has 1 unspecified atom stereocenters. The molecule has 15 heavy (non-hydrogen) atoms. The number of hydrogen-bond acceptors (Lipinski definition) is 4. The first-order chi connectivity index (χ1) is 7.33. The normalized spacial score (nSPS) is 22.9. The molecular formula is C11H16N2OS. The highest BCUT2D eigenvalue weighted by molar-refractivity contribution is 7.13. The Hall–Kier alpha value is -0.740. The van der Waals surface area contributed by atoms with Crippen molar-refractivity contribution in [2.45, 2.75) is 25.7 Å². The summed E-state index contributed by atoms with van der Waals surface area (Å²) in [5.41, 5.74) is 0. The number of aromatic nitrogens is 1. The van der Waals surface area contributed by atoms with Gasteiger partial charge in [-0.25, -0.2) is 4.98 Å². The number of thiazole rings is 1. The molecule has 0 amide bonds. The van der Waals surface area contributed by atoms with Crippen LogP contribution in [0.3, 0.4) is 0 Å². The van der Waals surface area contributed by atoms with E-state index in [2.05, 4.69) is 16.8 Å². The number of piperidine rings is 1. The number of aldehydes is 1. The van der Waals surface area contributed by atoms with Gasteiger partial charge in [-0.3, -0.25) is 4.79 Å². The van der Waals surface area contributed by atoms with Crippen molar-refractivity contribution in [3.63, 3.8) is 0 Å². The Balaban J connectivity index is 2.06. The first-order valence-corrected chi connectivity index (χ1v) is 6.28. The molecule has 82 valence electrons. The van der Waals surface area contributed by atoms with Crippen LogP contribution in [0.5, 0.6) is 0 Å². The fourth-order valence-electron chi connectivity index (χ4n) is 2.09. The zero-order valence-corrected chi connectivity index (χ0v) is 9.80. The van der Waals surface area contributed by atoms with E-state index in [1.165, 1.54) is 19.4 Å². The van der Waals surface area contributed by atoms with E-state index in [9.17, 15) is 4.79 Å². The van der Waals surface area contributed by atoms with E-state index in [0.717, 1.165) is 29.3 Å². The first kappa shape index (κ1) is 10.8. The number of likely N-dealkylation sites (tertiary alicyclic amines) is 1. The van der Waals surface area contributed by atoms with Crippen LogP contribution in [0.15, 0.2) is 6.20 Å². The minimum Gasteiger partial charge on any atom is -0.303 e. The molecule has 4 heteroatoms. The smallest absolute Gasteiger partial charge is 0.161 e. The molecule has 0 aliphatic carbocycles. The Morgan fingerprint density at radius 1 is 1.73 bits per heavy atom. The van der Waals surface area contributed by atoms with Crippen molar-refractivity contribution in [3.05, 3.63) is 16.1 Å². The Kier molecular flexibility index (Phi) is 3.49. The lowest BCUT2D eigenvalue weighted by molar-refractivity contribution is 0.112. The molecule has 1 atom stereocenters. The summed E-state index contributed by atoms with van der Waals surface area (Å²) in [6, 6.07) is 0. The van der Waals surface area contributed by atoms with Crippen molar-refractivity contribution >= 4 is 17.6 Å². The highest BCUT2D eigenvalue weighted by Crippen LogP contribution is 2.29. The molecule has 0 bridgehead atoms. The molecule has 0 saturated carbocycles. The summed E-state index contributed by atoms with van der Waals surface area (Å²) < 4.78 is 0. The van der Waals surface area contributed by atoms with E-state index in [1.54, 1.807) is 17.5 Å². The van der Waals surface area contributed by atoms with Crippen LogP contribution in [0.1, 0.15) is 40.4 Å². The maximum atomic E-state index is 10.6. The fraction of sp³-hybridized carbons (Fsp3) is 0.636. The van der Waals surface area contributed by atoms with Gasteiger partial charge in [0.15, 0.2) is 6.29 Å². The quantitative estimate of drug-likeness (QED) is 0.738. The van der Waals surface area contributed by atoms with Gasteiger partial charge in [-0.15, -0.1) is 11.3 Å². The van der Waals surface area contributed by atoms with Gasteiger partial charge in [0.1, 0.15) is 0 Å². The highest BCUT2D eigenvalue weighted by atomic mass is 32.1. The third kappa shape index (κ3) is 2.44. The van der Waals surface area contributed by atoms with Crippen LogP contribution in [-0.2, 0) is 0 Å². The first-order valence-electron chi connectivity index (χ1n) is 5.46. The van der Waals surface area contributed by atoms with E-state index in [4.69, 9.17) is 0 Å². The summed E-state index contributed by atoms with van der Waals surface area (Å²) in [5.74, 6) is 0.539. The fourth-order valence-corrected chi connectivity index (χ4v) is 2.95. The molecule has 2 rings (SSSR count). The maximum Gasteiger partial charge on any atom is 0.161 e. The Bertz CT molecular complexity index is 337. The van der Waals surface area contributed by atoms with Gasteiger partial charge in [0.2, 0.25) is 0 Å². The summed E-state index contributed by atoms with van der Waals surface area (Å²) in [7, 11) is 0. The van der Waals surface area contributed by atoms with E-state index < -0.39 is 0 Å². The zero-order valence-electron chi connectivity index (χ0n) is 8.98. The molecule has 1 aliphatic rings. The topological polar surface area (TPSA) is 33.2 Å². The zero-order chi connectivity index (χ0) is 10.7. The molecule has 0 aromatic carbocycles. The molecule has 3 nitrogen and oxygen atoms in total. The Morgan fingerprint density at radius 3 is 3.27 bits per heavy atom. The second-order valence-electron chi connectivity index (χ2n) is 3.95. The van der Waals surface area contributed by atoms with E-state index in [1.807, 2.05) is 0 Å². The van der Waals surface area contributed by atoms with Gasteiger partial charge < -0.3 is 4.90 Å². The van der Waals surface area contributed by atoms with Gasteiger partial charge in [-0.05, 0) is 25.9 Å². The van der Waals surface area contributed by atoms with Crippen LogP contribution in [0.4, 0.5) is 0 Å². The van der Waals surface area contributed by atoms with Crippen LogP contribution in [-0.4, -0.2) is 35.8 Å². The summed E-state index contributed by atoms with van der Waals surface area (Å²) in [5, 5.41) is 1.13. The molecule has 1 fully saturated rings. The lowest BCUT2D eigenvalue weighted by Crippen LogP contribution is -2.33. The largest absolute Gasteiger partial charge is 0.303 e. The highest BCUT2D eigenvalue weighted by Gasteiger charge is 2.22. The molecule has 2 heterocycles. The van der Waals surface area contributed by atoms with Gasteiger partial charge in [-0.1, -0.05) is 6.92 Å². The number of carbonyl (C=O) groups is 1. The number of rotatable bonds is 3. The van der Waals surface area contributed by atoms with E-state index in [-0.39, 0.29) is 0 Å². The van der Waals surface area contributed by atoms with Crippen molar-refractivity contribution in [1.82, 2.24) is 9.88 Å². The van der Waals surface area contributed by atoms with Crippen LogP contribution in [0.25, 0.3) is 0 Å². The molecule has 1 saturated heterocycles. The van der Waals surface area contributed by atoms with Crippen LogP contribution in [0.2, 0.25) is 0 Å². The Morgan fingerprint density at radius 2 is 2.60 bits per heavy atom. The summed E-state index contributed by atoms with van der Waals surface area (Å²) >= 11 is 1.55. The van der Waals surface area contributed by atoms with Crippen molar-refractivity contribution in [2.75, 3.05) is 19.6 Å². The molecular weight excluding hydrogens is 208 g/mol. The molecule has 1 aromatic rings. The van der Waals surface area contributed by atoms with Crippen molar-refractivity contribution in [3.8, 4) is 0 Å². The van der Waals surface area contributed by atoms with Crippen LogP contribution in [0, 0.1) is 0 Å². The second kappa shape index (κ2) is 4.86. The van der Waals surface area contributed by atoms with Crippen molar-refractivity contribution in [2.24, 2.45) is 0 Å². The van der Waals surface area contributed by atoms with Gasteiger partial charge in [0.05, 0.1) is 9.88 Å². The van der Waals surface area contributed by atoms with Crippen LogP contribution < -0.4 is 0 Å². The molecule has 0 spiro atoms. The number of likely N-dealkylation sites (N-methyl/N-ethyl adjacent to an activating group) is 1. The summed E-state index contributed by atoms with van der Waals surface area (Å²) in [6.45, 7) is 5.62.